The van der Waals surface area contributed by atoms with Crippen LogP contribution in [-0.4, -0.2) is 28.2 Å². The van der Waals surface area contributed by atoms with E-state index < -0.39 is 10.0 Å². The fourth-order valence-corrected chi connectivity index (χ4v) is 4.49. The first-order chi connectivity index (χ1) is 10.5. The molecule has 0 aliphatic rings. The first-order valence-corrected chi connectivity index (χ1v) is 8.69. The van der Waals surface area contributed by atoms with Crippen LogP contribution in [0.5, 0.6) is 0 Å². The fourth-order valence-electron chi connectivity index (χ4n) is 2.01. The van der Waals surface area contributed by atoms with Gasteiger partial charge >= 0.3 is 0 Å². The molecule has 114 valence electrons. The SMILES string of the molecule is Cc1nc(C)c(S(=O)(=O)Nc2nncn2-c2ccccc2)s1. The van der Waals surface area contributed by atoms with Crippen LogP contribution in [0.4, 0.5) is 5.95 Å². The second-order valence-electron chi connectivity index (χ2n) is 4.57. The van der Waals surface area contributed by atoms with Crippen molar-refractivity contribution in [1.82, 2.24) is 19.7 Å². The van der Waals surface area contributed by atoms with Crippen LogP contribution in [0.15, 0.2) is 40.9 Å². The quantitative estimate of drug-likeness (QED) is 0.789. The molecule has 0 amide bonds. The Bertz CT molecular complexity index is 900. The van der Waals surface area contributed by atoms with Crippen LogP contribution in [0.3, 0.4) is 0 Å². The zero-order valence-corrected chi connectivity index (χ0v) is 13.5. The summed E-state index contributed by atoms with van der Waals surface area (Å²) in [6, 6.07) is 9.25. The average molecular weight is 335 g/mol. The van der Waals surface area contributed by atoms with Crippen molar-refractivity contribution >= 4 is 27.3 Å². The minimum Gasteiger partial charge on any atom is -0.267 e. The number of aryl methyl sites for hydroxylation is 2. The van der Waals surface area contributed by atoms with Crippen LogP contribution in [0.2, 0.25) is 0 Å². The highest BCUT2D eigenvalue weighted by molar-refractivity contribution is 7.94. The lowest BCUT2D eigenvalue weighted by atomic mass is 10.3. The highest BCUT2D eigenvalue weighted by atomic mass is 32.2. The highest BCUT2D eigenvalue weighted by Crippen LogP contribution is 2.25. The van der Waals surface area contributed by atoms with Crippen molar-refractivity contribution in [1.29, 1.82) is 0 Å². The summed E-state index contributed by atoms with van der Waals surface area (Å²) in [5, 5.41) is 8.32. The predicted molar refractivity (Wildman–Crippen MR) is 83.8 cm³/mol. The standard InChI is InChI=1S/C13H13N5O2S2/c1-9-12(21-10(2)15-9)22(19,20)17-13-16-14-8-18(13)11-6-4-3-5-7-11/h3-8H,1-2H3,(H,16,17). The van der Waals surface area contributed by atoms with E-state index in [1.807, 2.05) is 30.3 Å². The Kier molecular flexibility index (Phi) is 3.67. The van der Waals surface area contributed by atoms with Gasteiger partial charge in [0.1, 0.15) is 6.33 Å². The van der Waals surface area contributed by atoms with Crippen LogP contribution in [0.25, 0.3) is 5.69 Å². The smallest absolute Gasteiger partial charge is 0.267 e. The number of sulfonamides is 1. The maximum absolute atomic E-state index is 12.5. The van der Waals surface area contributed by atoms with Gasteiger partial charge in [-0.1, -0.05) is 18.2 Å². The van der Waals surface area contributed by atoms with E-state index in [9.17, 15) is 8.42 Å². The molecule has 0 unspecified atom stereocenters. The maximum Gasteiger partial charge on any atom is 0.275 e. The van der Waals surface area contributed by atoms with E-state index in [4.69, 9.17) is 0 Å². The number of rotatable bonds is 4. The number of benzene rings is 1. The second-order valence-corrected chi connectivity index (χ2v) is 7.65. The van der Waals surface area contributed by atoms with Gasteiger partial charge in [-0.15, -0.1) is 21.5 Å². The number of nitrogens with zero attached hydrogens (tertiary/aromatic N) is 4. The summed E-state index contributed by atoms with van der Waals surface area (Å²) in [5.74, 6) is 0.136. The Morgan fingerprint density at radius 3 is 2.55 bits per heavy atom. The third-order valence-electron chi connectivity index (χ3n) is 2.91. The Balaban J connectivity index is 1.98. The van der Waals surface area contributed by atoms with Crippen LogP contribution >= 0.6 is 11.3 Å². The zero-order chi connectivity index (χ0) is 15.7. The molecule has 0 saturated carbocycles. The van der Waals surface area contributed by atoms with Gasteiger partial charge in [-0.25, -0.2) is 18.1 Å². The Labute approximate surface area is 131 Å². The summed E-state index contributed by atoms with van der Waals surface area (Å²) in [6.07, 6.45) is 1.46. The molecule has 0 atom stereocenters. The monoisotopic (exact) mass is 335 g/mol. The summed E-state index contributed by atoms with van der Waals surface area (Å²) < 4.78 is 29.2. The molecular weight excluding hydrogens is 322 g/mol. The normalized spacial score (nSPS) is 11.5. The molecule has 22 heavy (non-hydrogen) atoms. The van der Waals surface area contributed by atoms with E-state index in [1.165, 1.54) is 6.33 Å². The number of aromatic nitrogens is 4. The third kappa shape index (κ3) is 2.72. The molecule has 7 nitrogen and oxygen atoms in total. The third-order valence-corrected chi connectivity index (χ3v) is 5.92. The van der Waals surface area contributed by atoms with Gasteiger partial charge in [0.2, 0.25) is 5.95 Å². The van der Waals surface area contributed by atoms with Gasteiger partial charge in [-0.3, -0.25) is 4.57 Å². The van der Waals surface area contributed by atoms with Crippen LogP contribution in [-0.2, 0) is 10.0 Å². The van der Waals surface area contributed by atoms with Gasteiger partial charge in [0.05, 0.1) is 16.4 Å². The summed E-state index contributed by atoms with van der Waals surface area (Å²) in [7, 11) is -3.74. The van der Waals surface area contributed by atoms with Crippen LogP contribution < -0.4 is 4.72 Å². The molecule has 1 aromatic carbocycles. The van der Waals surface area contributed by atoms with Gasteiger partial charge in [-0.05, 0) is 26.0 Å². The van der Waals surface area contributed by atoms with E-state index in [-0.39, 0.29) is 10.2 Å². The minimum atomic E-state index is -3.74. The van der Waals surface area contributed by atoms with Crippen molar-refractivity contribution in [2.24, 2.45) is 0 Å². The van der Waals surface area contributed by atoms with Crippen molar-refractivity contribution in [2.45, 2.75) is 18.1 Å². The minimum absolute atomic E-state index is 0.136. The summed E-state index contributed by atoms with van der Waals surface area (Å²) in [6.45, 7) is 3.43. The van der Waals surface area contributed by atoms with E-state index in [0.29, 0.717) is 10.7 Å². The number of anilines is 1. The van der Waals surface area contributed by atoms with Crippen molar-refractivity contribution in [2.75, 3.05) is 4.72 Å². The van der Waals surface area contributed by atoms with E-state index in [1.54, 1.807) is 18.4 Å². The van der Waals surface area contributed by atoms with Crippen molar-refractivity contribution < 1.29 is 8.42 Å². The zero-order valence-electron chi connectivity index (χ0n) is 11.9. The van der Waals surface area contributed by atoms with E-state index in [2.05, 4.69) is 19.9 Å². The van der Waals surface area contributed by atoms with Crippen molar-refractivity contribution in [3.63, 3.8) is 0 Å². The number of hydrogen-bond donors (Lipinski definition) is 1. The number of thiazole rings is 1. The topological polar surface area (TPSA) is 89.8 Å². The fraction of sp³-hybridized carbons (Fsp3) is 0.154. The maximum atomic E-state index is 12.5. The van der Waals surface area contributed by atoms with Gasteiger partial charge in [0.15, 0.2) is 4.21 Å². The lowest BCUT2D eigenvalue weighted by Crippen LogP contribution is -2.16. The Morgan fingerprint density at radius 2 is 1.91 bits per heavy atom. The highest BCUT2D eigenvalue weighted by Gasteiger charge is 2.23. The average Bonchev–Trinajstić information content (AvgIpc) is 3.06. The van der Waals surface area contributed by atoms with Crippen molar-refractivity contribution in [3.05, 3.63) is 47.4 Å². The summed E-state index contributed by atoms with van der Waals surface area (Å²) in [4.78, 5) is 4.14. The molecule has 1 N–H and O–H groups in total. The number of para-hydroxylation sites is 1. The predicted octanol–water partition coefficient (Wildman–Crippen LogP) is 2.14. The molecule has 2 aromatic heterocycles. The molecule has 3 rings (SSSR count). The molecule has 0 fully saturated rings. The first-order valence-electron chi connectivity index (χ1n) is 6.39. The molecular formula is C13H13N5O2S2. The molecule has 3 aromatic rings. The number of hydrogen-bond acceptors (Lipinski definition) is 6. The Morgan fingerprint density at radius 1 is 1.18 bits per heavy atom. The molecule has 9 heteroatoms. The second kappa shape index (κ2) is 5.50. The molecule has 0 bridgehead atoms. The molecule has 0 aliphatic heterocycles. The molecule has 0 radical (unpaired) electrons. The van der Waals surface area contributed by atoms with Gasteiger partial charge in [0.25, 0.3) is 10.0 Å². The van der Waals surface area contributed by atoms with Gasteiger partial charge in [-0.2, -0.15) is 0 Å². The largest absolute Gasteiger partial charge is 0.275 e. The molecule has 0 spiro atoms. The van der Waals surface area contributed by atoms with E-state index >= 15 is 0 Å². The lowest BCUT2D eigenvalue weighted by molar-refractivity contribution is 0.602. The molecule has 2 heterocycles. The summed E-state index contributed by atoms with van der Waals surface area (Å²) >= 11 is 1.13. The van der Waals surface area contributed by atoms with Crippen LogP contribution in [0, 0.1) is 13.8 Å². The van der Waals surface area contributed by atoms with Crippen LogP contribution in [0.1, 0.15) is 10.7 Å². The van der Waals surface area contributed by atoms with Gasteiger partial charge < -0.3 is 0 Å². The van der Waals surface area contributed by atoms with Gasteiger partial charge in [0, 0.05) is 0 Å². The molecule has 0 saturated heterocycles. The molecule has 0 aliphatic carbocycles. The first kappa shape index (κ1) is 14.7. The number of nitrogens with one attached hydrogen (secondary N) is 1. The summed E-state index contributed by atoms with van der Waals surface area (Å²) in [5.41, 5.74) is 1.24. The Hall–Kier alpha value is -2.26. The lowest BCUT2D eigenvalue weighted by Gasteiger charge is -2.08. The van der Waals surface area contributed by atoms with Crippen molar-refractivity contribution in [3.8, 4) is 5.69 Å². The van der Waals surface area contributed by atoms with E-state index in [0.717, 1.165) is 17.0 Å².